The second-order valence-corrected chi connectivity index (χ2v) is 3.36. The molecule has 0 bridgehead atoms. The van der Waals surface area contributed by atoms with E-state index in [1.807, 2.05) is 38.1 Å². The van der Waals surface area contributed by atoms with E-state index >= 15 is 0 Å². The Morgan fingerprint density at radius 3 is 2.27 bits per heavy atom. The van der Waals surface area contributed by atoms with E-state index in [1.54, 1.807) is 12.4 Å². The first-order valence-electron chi connectivity index (χ1n) is 4.78. The number of aryl methyl sites for hydroxylation is 2. The van der Waals surface area contributed by atoms with Crippen LogP contribution in [-0.2, 0) is 0 Å². The maximum absolute atomic E-state index is 5.59. The van der Waals surface area contributed by atoms with Gasteiger partial charge in [-0.25, -0.2) is 4.98 Å². The number of rotatable bonds is 2. The SMILES string of the molecule is Cc1ccc(Oc2nccnc2C)cc1. The molecule has 0 saturated heterocycles. The van der Waals surface area contributed by atoms with Crippen molar-refractivity contribution >= 4 is 0 Å². The molecular weight excluding hydrogens is 188 g/mol. The largest absolute Gasteiger partial charge is 0.437 e. The molecule has 3 nitrogen and oxygen atoms in total. The molecule has 0 atom stereocenters. The van der Waals surface area contributed by atoms with Gasteiger partial charge in [-0.05, 0) is 26.0 Å². The highest BCUT2D eigenvalue weighted by molar-refractivity contribution is 5.30. The molecule has 1 heterocycles. The van der Waals surface area contributed by atoms with E-state index in [4.69, 9.17) is 4.74 Å². The third kappa shape index (κ3) is 2.31. The Kier molecular flexibility index (Phi) is 2.63. The van der Waals surface area contributed by atoms with Crippen LogP contribution in [0.25, 0.3) is 0 Å². The number of aromatic nitrogens is 2. The molecule has 15 heavy (non-hydrogen) atoms. The highest BCUT2D eigenvalue weighted by atomic mass is 16.5. The molecule has 0 N–H and O–H groups in total. The summed E-state index contributed by atoms with van der Waals surface area (Å²) in [6.07, 6.45) is 3.27. The van der Waals surface area contributed by atoms with Gasteiger partial charge in [-0.3, -0.25) is 4.98 Å². The van der Waals surface area contributed by atoms with Crippen LogP contribution in [-0.4, -0.2) is 9.97 Å². The first-order chi connectivity index (χ1) is 7.25. The highest BCUT2D eigenvalue weighted by Crippen LogP contribution is 2.20. The van der Waals surface area contributed by atoms with Crippen LogP contribution < -0.4 is 4.74 Å². The molecule has 0 fully saturated rings. The topological polar surface area (TPSA) is 35.0 Å². The van der Waals surface area contributed by atoms with E-state index in [9.17, 15) is 0 Å². The molecule has 0 unspecified atom stereocenters. The van der Waals surface area contributed by atoms with Crippen LogP contribution in [0.1, 0.15) is 11.3 Å². The van der Waals surface area contributed by atoms with Crippen LogP contribution in [0.4, 0.5) is 0 Å². The molecule has 2 aromatic rings. The molecule has 1 aromatic carbocycles. The molecule has 0 spiro atoms. The van der Waals surface area contributed by atoms with Crippen LogP contribution in [0.3, 0.4) is 0 Å². The third-order valence-electron chi connectivity index (χ3n) is 2.07. The summed E-state index contributed by atoms with van der Waals surface area (Å²) < 4.78 is 5.59. The molecule has 0 aliphatic carbocycles. The third-order valence-corrected chi connectivity index (χ3v) is 2.07. The first kappa shape index (κ1) is 9.65. The van der Waals surface area contributed by atoms with Gasteiger partial charge in [0.15, 0.2) is 0 Å². The lowest BCUT2D eigenvalue weighted by Crippen LogP contribution is -1.92. The second-order valence-electron chi connectivity index (χ2n) is 3.36. The fourth-order valence-electron chi connectivity index (χ4n) is 1.21. The molecule has 2 rings (SSSR count). The van der Waals surface area contributed by atoms with Crippen molar-refractivity contribution in [3.63, 3.8) is 0 Å². The number of benzene rings is 1. The van der Waals surface area contributed by atoms with Gasteiger partial charge < -0.3 is 4.74 Å². The van der Waals surface area contributed by atoms with E-state index in [1.165, 1.54) is 5.56 Å². The summed E-state index contributed by atoms with van der Waals surface area (Å²) in [5.74, 6) is 1.34. The van der Waals surface area contributed by atoms with Crippen molar-refractivity contribution in [1.82, 2.24) is 9.97 Å². The Morgan fingerprint density at radius 2 is 1.60 bits per heavy atom. The minimum Gasteiger partial charge on any atom is -0.437 e. The van der Waals surface area contributed by atoms with Crippen LogP contribution in [0.15, 0.2) is 36.7 Å². The summed E-state index contributed by atoms with van der Waals surface area (Å²) in [5.41, 5.74) is 2.00. The molecule has 0 saturated carbocycles. The molecule has 1 aromatic heterocycles. The van der Waals surface area contributed by atoms with Gasteiger partial charge in [-0.15, -0.1) is 0 Å². The minimum absolute atomic E-state index is 0.557. The van der Waals surface area contributed by atoms with Crippen molar-refractivity contribution in [2.75, 3.05) is 0 Å². The van der Waals surface area contributed by atoms with Crippen molar-refractivity contribution in [2.45, 2.75) is 13.8 Å². The molecule has 76 valence electrons. The van der Waals surface area contributed by atoms with Gasteiger partial charge in [0.1, 0.15) is 5.75 Å². The Morgan fingerprint density at radius 1 is 0.933 bits per heavy atom. The van der Waals surface area contributed by atoms with Gasteiger partial charge >= 0.3 is 0 Å². The summed E-state index contributed by atoms with van der Waals surface area (Å²) in [6, 6.07) is 7.84. The van der Waals surface area contributed by atoms with Gasteiger partial charge in [0.05, 0.1) is 5.69 Å². The van der Waals surface area contributed by atoms with E-state index in [0.29, 0.717) is 5.88 Å². The number of nitrogens with zero attached hydrogens (tertiary/aromatic N) is 2. The molecule has 0 aliphatic heterocycles. The molecular formula is C12H12N2O. The zero-order chi connectivity index (χ0) is 10.7. The van der Waals surface area contributed by atoms with Gasteiger partial charge in [0, 0.05) is 12.4 Å². The Hall–Kier alpha value is -1.90. The average molecular weight is 200 g/mol. The summed E-state index contributed by atoms with van der Waals surface area (Å²) in [5, 5.41) is 0. The summed E-state index contributed by atoms with van der Waals surface area (Å²) in [6.45, 7) is 3.91. The standard InChI is InChI=1S/C12H12N2O/c1-9-3-5-11(6-4-9)15-12-10(2)13-7-8-14-12/h3-8H,1-2H3. The average Bonchev–Trinajstić information content (AvgIpc) is 2.25. The van der Waals surface area contributed by atoms with Crippen molar-refractivity contribution < 1.29 is 4.74 Å². The number of ether oxygens (including phenoxy) is 1. The van der Waals surface area contributed by atoms with Crippen molar-refractivity contribution in [3.05, 3.63) is 47.9 Å². The summed E-state index contributed by atoms with van der Waals surface area (Å²) in [7, 11) is 0. The van der Waals surface area contributed by atoms with Crippen LogP contribution in [0.2, 0.25) is 0 Å². The maximum atomic E-state index is 5.59. The summed E-state index contributed by atoms with van der Waals surface area (Å²) in [4.78, 5) is 8.22. The van der Waals surface area contributed by atoms with Gasteiger partial charge in [0.2, 0.25) is 5.88 Å². The minimum atomic E-state index is 0.557. The van der Waals surface area contributed by atoms with E-state index in [-0.39, 0.29) is 0 Å². The Bertz CT molecular complexity index is 451. The van der Waals surface area contributed by atoms with Crippen LogP contribution in [0.5, 0.6) is 11.6 Å². The molecule has 3 heteroatoms. The monoisotopic (exact) mass is 200 g/mol. The molecule has 0 aliphatic rings. The lowest BCUT2D eigenvalue weighted by Gasteiger charge is -2.05. The summed E-state index contributed by atoms with van der Waals surface area (Å²) >= 11 is 0. The number of hydrogen-bond acceptors (Lipinski definition) is 3. The smallest absolute Gasteiger partial charge is 0.240 e. The lowest BCUT2D eigenvalue weighted by atomic mass is 10.2. The van der Waals surface area contributed by atoms with Crippen molar-refractivity contribution in [1.29, 1.82) is 0 Å². The quantitative estimate of drug-likeness (QED) is 0.747. The lowest BCUT2D eigenvalue weighted by molar-refractivity contribution is 0.455. The first-order valence-corrected chi connectivity index (χ1v) is 4.78. The predicted octanol–water partition coefficient (Wildman–Crippen LogP) is 2.89. The Labute approximate surface area is 88.8 Å². The van der Waals surface area contributed by atoms with Crippen molar-refractivity contribution in [3.8, 4) is 11.6 Å². The Balaban J connectivity index is 2.22. The highest BCUT2D eigenvalue weighted by Gasteiger charge is 2.02. The van der Waals surface area contributed by atoms with Gasteiger partial charge in [-0.2, -0.15) is 0 Å². The van der Waals surface area contributed by atoms with Crippen LogP contribution in [0, 0.1) is 13.8 Å². The van der Waals surface area contributed by atoms with E-state index < -0.39 is 0 Å². The zero-order valence-electron chi connectivity index (χ0n) is 8.77. The van der Waals surface area contributed by atoms with Gasteiger partial charge in [-0.1, -0.05) is 17.7 Å². The van der Waals surface area contributed by atoms with Crippen molar-refractivity contribution in [2.24, 2.45) is 0 Å². The zero-order valence-corrected chi connectivity index (χ0v) is 8.77. The number of hydrogen-bond donors (Lipinski definition) is 0. The van der Waals surface area contributed by atoms with Gasteiger partial charge in [0.25, 0.3) is 0 Å². The normalized spacial score (nSPS) is 10.0. The maximum Gasteiger partial charge on any atom is 0.240 e. The molecule has 0 radical (unpaired) electrons. The fraction of sp³-hybridized carbons (Fsp3) is 0.167. The fourth-order valence-corrected chi connectivity index (χ4v) is 1.21. The van der Waals surface area contributed by atoms with Crippen LogP contribution >= 0.6 is 0 Å². The predicted molar refractivity (Wildman–Crippen MR) is 58.0 cm³/mol. The van der Waals surface area contributed by atoms with E-state index in [2.05, 4.69) is 9.97 Å². The second kappa shape index (κ2) is 4.09. The molecule has 0 amide bonds. The van der Waals surface area contributed by atoms with E-state index in [0.717, 1.165) is 11.4 Å².